The summed E-state index contributed by atoms with van der Waals surface area (Å²) in [5, 5.41) is 0. The van der Waals surface area contributed by atoms with E-state index in [1.807, 2.05) is 0 Å². The van der Waals surface area contributed by atoms with Crippen LogP contribution in [-0.2, 0) is 0 Å². The molecule has 0 spiro atoms. The van der Waals surface area contributed by atoms with Crippen LogP contribution in [0.5, 0.6) is 11.5 Å². The Bertz CT molecular complexity index is 1140. The lowest BCUT2D eigenvalue weighted by molar-refractivity contribution is 0.0650. The third kappa shape index (κ3) is 3.73. The molecule has 3 aromatic carbocycles. The summed E-state index contributed by atoms with van der Waals surface area (Å²) >= 11 is 0. The molecule has 1 heterocycles. The van der Waals surface area contributed by atoms with Gasteiger partial charge in [-0.05, 0) is 42.5 Å². The van der Waals surface area contributed by atoms with Gasteiger partial charge in [0.05, 0.1) is 25.3 Å². The van der Waals surface area contributed by atoms with Crippen molar-refractivity contribution in [3.63, 3.8) is 0 Å². The van der Waals surface area contributed by atoms with E-state index in [-0.39, 0.29) is 12.6 Å². The number of anilines is 1. The van der Waals surface area contributed by atoms with Gasteiger partial charge in [0.1, 0.15) is 18.2 Å². The number of carbonyl (C=O) groups is 3. The lowest BCUT2D eigenvalue weighted by Crippen LogP contribution is -2.44. The highest BCUT2D eigenvalue weighted by Crippen LogP contribution is 2.27. The maximum absolute atomic E-state index is 13.5. The molecular weight excluding hydrogens is 396 g/mol. The van der Waals surface area contributed by atoms with Crippen molar-refractivity contribution >= 4 is 23.4 Å². The third-order valence-corrected chi connectivity index (χ3v) is 5.09. The van der Waals surface area contributed by atoms with Crippen LogP contribution in [0.2, 0.25) is 0 Å². The van der Waals surface area contributed by atoms with E-state index in [0.717, 1.165) is 4.90 Å². The second kappa shape index (κ2) is 8.31. The molecule has 7 nitrogen and oxygen atoms in total. The quantitative estimate of drug-likeness (QED) is 0.574. The summed E-state index contributed by atoms with van der Waals surface area (Å²) in [4.78, 5) is 41.7. The van der Waals surface area contributed by atoms with E-state index in [0.29, 0.717) is 33.9 Å². The Morgan fingerprint density at radius 3 is 2.00 bits per heavy atom. The van der Waals surface area contributed by atoms with Crippen LogP contribution in [0.4, 0.5) is 5.69 Å². The predicted molar refractivity (Wildman–Crippen MR) is 115 cm³/mol. The van der Waals surface area contributed by atoms with E-state index in [1.165, 1.54) is 19.1 Å². The summed E-state index contributed by atoms with van der Waals surface area (Å²) in [6.07, 6.45) is 0. The standard InChI is InChI=1S/C24H20N2O5/c1-30-18-9-5-7-16(13-18)22(27)25(17-8-6-10-19(14-17)31-2)15-26-23(28)20-11-3-4-12-21(20)24(26)29/h3-14H,15H2,1-2H3. The molecule has 0 saturated carbocycles. The first-order valence-corrected chi connectivity index (χ1v) is 9.58. The Morgan fingerprint density at radius 1 is 0.806 bits per heavy atom. The Hall–Kier alpha value is -4.13. The number of imide groups is 1. The monoisotopic (exact) mass is 416 g/mol. The van der Waals surface area contributed by atoms with Crippen molar-refractivity contribution in [2.45, 2.75) is 0 Å². The maximum atomic E-state index is 13.5. The lowest BCUT2D eigenvalue weighted by atomic mass is 10.1. The number of carbonyl (C=O) groups excluding carboxylic acids is 3. The van der Waals surface area contributed by atoms with E-state index in [4.69, 9.17) is 9.47 Å². The van der Waals surface area contributed by atoms with Crippen LogP contribution in [0, 0.1) is 0 Å². The summed E-state index contributed by atoms with van der Waals surface area (Å²) < 4.78 is 10.5. The van der Waals surface area contributed by atoms with Gasteiger partial charge in [0.25, 0.3) is 17.7 Å². The largest absolute Gasteiger partial charge is 0.497 e. The van der Waals surface area contributed by atoms with Crippen molar-refractivity contribution in [3.05, 3.63) is 89.5 Å². The molecule has 0 aliphatic carbocycles. The number of rotatable bonds is 6. The molecule has 0 unspecified atom stereocenters. The number of hydrogen-bond donors (Lipinski definition) is 0. The normalized spacial score (nSPS) is 12.5. The highest BCUT2D eigenvalue weighted by molar-refractivity contribution is 6.22. The molecule has 0 atom stereocenters. The van der Waals surface area contributed by atoms with Crippen LogP contribution in [-0.4, -0.2) is 43.5 Å². The second-order valence-electron chi connectivity index (χ2n) is 6.89. The first kappa shape index (κ1) is 20.2. The number of fused-ring (bicyclic) bond motifs is 1. The molecule has 1 aliphatic rings. The Balaban J connectivity index is 1.73. The maximum Gasteiger partial charge on any atom is 0.263 e. The lowest BCUT2D eigenvalue weighted by Gasteiger charge is -2.27. The first-order valence-electron chi connectivity index (χ1n) is 9.58. The van der Waals surface area contributed by atoms with E-state index in [1.54, 1.807) is 72.8 Å². The zero-order valence-corrected chi connectivity index (χ0v) is 17.1. The fraction of sp³-hybridized carbons (Fsp3) is 0.125. The summed E-state index contributed by atoms with van der Waals surface area (Å²) in [7, 11) is 3.04. The van der Waals surface area contributed by atoms with Gasteiger partial charge in [0, 0.05) is 17.3 Å². The zero-order valence-electron chi connectivity index (χ0n) is 17.1. The van der Waals surface area contributed by atoms with Crippen molar-refractivity contribution in [1.82, 2.24) is 4.90 Å². The Kier molecular flexibility index (Phi) is 5.41. The van der Waals surface area contributed by atoms with Crippen LogP contribution in [0.3, 0.4) is 0 Å². The predicted octanol–water partition coefficient (Wildman–Crippen LogP) is 3.60. The van der Waals surface area contributed by atoms with Gasteiger partial charge in [0.2, 0.25) is 0 Å². The van der Waals surface area contributed by atoms with Gasteiger partial charge in [-0.1, -0.05) is 24.3 Å². The van der Waals surface area contributed by atoms with Gasteiger partial charge >= 0.3 is 0 Å². The zero-order chi connectivity index (χ0) is 22.0. The van der Waals surface area contributed by atoms with Gasteiger partial charge < -0.3 is 9.47 Å². The molecule has 0 saturated heterocycles. The molecule has 0 N–H and O–H groups in total. The summed E-state index contributed by atoms with van der Waals surface area (Å²) in [5.74, 6) is -0.192. The smallest absolute Gasteiger partial charge is 0.263 e. The van der Waals surface area contributed by atoms with Crippen molar-refractivity contribution in [1.29, 1.82) is 0 Å². The number of amides is 3. The Labute approximate surface area is 179 Å². The van der Waals surface area contributed by atoms with Crippen LogP contribution < -0.4 is 14.4 Å². The van der Waals surface area contributed by atoms with E-state index in [2.05, 4.69) is 0 Å². The van der Waals surface area contributed by atoms with Crippen LogP contribution in [0.1, 0.15) is 31.1 Å². The summed E-state index contributed by atoms with van der Waals surface area (Å²) in [5.41, 5.74) is 1.50. The second-order valence-corrected chi connectivity index (χ2v) is 6.89. The van der Waals surface area contributed by atoms with Gasteiger partial charge in [-0.25, -0.2) is 0 Å². The van der Waals surface area contributed by atoms with Gasteiger partial charge in [0.15, 0.2) is 0 Å². The summed E-state index contributed by atoms with van der Waals surface area (Å²) in [6.45, 7) is -0.241. The highest BCUT2D eigenvalue weighted by atomic mass is 16.5. The minimum Gasteiger partial charge on any atom is -0.497 e. The third-order valence-electron chi connectivity index (χ3n) is 5.09. The van der Waals surface area contributed by atoms with Crippen LogP contribution in [0.25, 0.3) is 0 Å². The van der Waals surface area contributed by atoms with Gasteiger partial charge in [-0.3, -0.25) is 24.2 Å². The molecule has 156 valence electrons. The molecular formula is C24H20N2O5. The van der Waals surface area contributed by atoms with E-state index < -0.39 is 11.8 Å². The highest BCUT2D eigenvalue weighted by Gasteiger charge is 2.37. The average Bonchev–Trinajstić information content (AvgIpc) is 3.06. The molecule has 1 aliphatic heterocycles. The summed E-state index contributed by atoms with van der Waals surface area (Å²) in [6, 6.07) is 20.2. The molecule has 7 heteroatoms. The molecule has 3 amide bonds. The van der Waals surface area contributed by atoms with Gasteiger partial charge in [-0.15, -0.1) is 0 Å². The number of hydrogen-bond acceptors (Lipinski definition) is 5. The van der Waals surface area contributed by atoms with Crippen LogP contribution in [0.15, 0.2) is 72.8 Å². The topological polar surface area (TPSA) is 76.2 Å². The minimum absolute atomic E-state index is 0.241. The molecule has 31 heavy (non-hydrogen) atoms. The van der Waals surface area contributed by atoms with Crippen molar-refractivity contribution in [3.8, 4) is 11.5 Å². The minimum atomic E-state index is -0.438. The van der Waals surface area contributed by atoms with Gasteiger partial charge in [-0.2, -0.15) is 0 Å². The number of ether oxygens (including phenoxy) is 2. The molecule has 0 aromatic heterocycles. The molecule has 0 bridgehead atoms. The van der Waals surface area contributed by atoms with E-state index >= 15 is 0 Å². The van der Waals surface area contributed by atoms with Crippen molar-refractivity contribution in [2.75, 3.05) is 25.8 Å². The number of methoxy groups -OCH3 is 2. The number of nitrogens with zero attached hydrogens (tertiary/aromatic N) is 2. The van der Waals surface area contributed by atoms with Crippen molar-refractivity contribution < 1.29 is 23.9 Å². The number of benzene rings is 3. The molecule has 3 aromatic rings. The van der Waals surface area contributed by atoms with Crippen molar-refractivity contribution in [2.24, 2.45) is 0 Å². The SMILES string of the molecule is COc1cccc(C(=O)N(CN2C(=O)c3ccccc3C2=O)c2cccc(OC)c2)c1. The Morgan fingerprint density at radius 2 is 1.39 bits per heavy atom. The molecule has 4 rings (SSSR count). The first-order chi connectivity index (χ1) is 15.0. The van der Waals surface area contributed by atoms with E-state index in [9.17, 15) is 14.4 Å². The fourth-order valence-corrected chi connectivity index (χ4v) is 3.46. The average molecular weight is 416 g/mol. The molecule has 0 fully saturated rings. The fourth-order valence-electron chi connectivity index (χ4n) is 3.46. The van der Waals surface area contributed by atoms with Crippen LogP contribution >= 0.6 is 0 Å². The molecule has 0 radical (unpaired) electrons.